The zero-order valence-electron chi connectivity index (χ0n) is 10.4. The van der Waals surface area contributed by atoms with Gasteiger partial charge in [0.05, 0.1) is 0 Å². The van der Waals surface area contributed by atoms with Crippen LogP contribution < -0.4 is 0 Å². The SMILES string of the molecule is CC(=O)N1C=Cc2ccccc2C1C1C=CC(=O)O1. The van der Waals surface area contributed by atoms with Crippen molar-refractivity contribution in [3.8, 4) is 0 Å². The number of fused-ring (bicyclic) bond motifs is 1. The summed E-state index contributed by atoms with van der Waals surface area (Å²) in [7, 11) is 0. The summed E-state index contributed by atoms with van der Waals surface area (Å²) in [6.45, 7) is 1.51. The summed E-state index contributed by atoms with van der Waals surface area (Å²) in [5.74, 6) is -0.437. The van der Waals surface area contributed by atoms with Gasteiger partial charge in [0.2, 0.25) is 5.91 Å². The topological polar surface area (TPSA) is 46.6 Å². The Morgan fingerprint density at radius 3 is 2.74 bits per heavy atom. The third-order valence-corrected chi connectivity index (χ3v) is 3.38. The molecular formula is C15H13NO3. The van der Waals surface area contributed by atoms with Crippen LogP contribution in [0.15, 0.2) is 42.6 Å². The Bertz CT molecular complexity index is 603. The van der Waals surface area contributed by atoms with Crippen LogP contribution in [0, 0.1) is 0 Å². The maximum atomic E-state index is 11.8. The molecule has 96 valence electrons. The van der Waals surface area contributed by atoms with E-state index < -0.39 is 6.10 Å². The zero-order chi connectivity index (χ0) is 13.4. The smallest absolute Gasteiger partial charge is 0.331 e. The fraction of sp³-hybridized carbons (Fsp3) is 0.200. The first-order chi connectivity index (χ1) is 9.16. The zero-order valence-corrected chi connectivity index (χ0v) is 10.4. The van der Waals surface area contributed by atoms with Crippen molar-refractivity contribution in [3.63, 3.8) is 0 Å². The molecule has 2 atom stereocenters. The summed E-state index contributed by atoms with van der Waals surface area (Å²) in [6.07, 6.45) is 6.33. The standard InChI is InChI=1S/C15H13NO3/c1-10(17)16-9-8-11-4-2-3-5-12(11)15(16)13-6-7-14(18)19-13/h2-9,13,15H,1H3. The van der Waals surface area contributed by atoms with E-state index in [9.17, 15) is 9.59 Å². The highest BCUT2D eigenvalue weighted by atomic mass is 16.5. The van der Waals surface area contributed by atoms with Gasteiger partial charge >= 0.3 is 5.97 Å². The second kappa shape index (κ2) is 4.39. The number of carbonyl (C=O) groups is 2. The number of benzene rings is 1. The number of esters is 1. The monoisotopic (exact) mass is 255 g/mol. The van der Waals surface area contributed by atoms with Gasteiger partial charge in [-0.3, -0.25) is 4.79 Å². The predicted octanol–water partition coefficient (Wildman–Crippen LogP) is 2.04. The van der Waals surface area contributed by atoms with Crippen molar-refractivity contribution in [1.29, 1.82) is 0 Å². The lowest BCUT2D eigenvalue weighted by Gasteiger charge is -2.35. The number of ether oxygens (including phenoxy) is 1. The molecule has 19 heavy (non-hydrogen) atoms. The molecule has 2 aliphatic rings. The minimum Gasteiger partial charge on any atom is -0.452 e. The Balaban J connectivity index is 2.06. The van der Waals surface area contributed by atoms with Gasteiger partial charge in [-0.15, -0.1) is 0 Å². The predicted molar refractivity (Wildman–Crippen MR) is 69.8 cm³/mol. The van der Waals surface area contributed by atoms with Crippen molar-refractivity contribution in [2.45, 2.75) is 19.1 Å². The number of hydrogen-bond donors (Lipinski definition) is 0. The average molecular weight is 255 g/mol. The van der Waals surface area contributed by atoms with Crippen molar-refractivity contribution in [2.75, 3.05) is 0 Å². The molecule has 0 aromatic heterocycles. The van der Waals surface area contributed by atoms with Gasteiger partial charge < -0.3 is 9.64 Å². The van der Waals surface area contributed by atoms with E-state index in [2.05, 4.69) is 0 Å². The van der Waals surface area contributed by atoms with Gasteiger partial charge in [0.25, 0.3) is 0 Å². The van der Waals surface area contributed by atoms with E-state index in [1.54, 1.807) is 17.2 Å². The van der Waals surface area contributed by atoms with Crippen LogP contribution in [0.1, 0.15) is 24.1 Å². The number of cyclic esters (lactones) is 1. The second-order valence-electron chi connectivity index (χ2n) is 4.58. The highest BCUT2D eigenvalue weighted by molar-refractivity contribution is 5.85. The van der Waals surface area contributed by atoms with Gasteiger partial charge in [-0.05, 0) is 23.3 Å². The van der Waals surface area contributed by atoms with E-state index >= 15 is 0 Å². The van der Waals surface area contributed by atoms with Gasteiger partial charge in [0, 0.05) is 19.2 Å². The van der Waals surface area contributed by atoms with Crippen molar-refractivity contribution in [3.05, 3.63) is 53.7 Å². The van der Waals surface area contributed by atoms with E-state index in [1.165, 1.54) is 13.0 Å². The molecule has 4 nitrogen and oxygen atoms in total. The van der Waals surface area contributed by atoms with Crippen LogP contribution in [0.3, 0.4) is 0 Å². The molecule has 2 aliphatic heterocycles. The third kappa shape index (κ3) is 1.95. The van der Waals surface area contributed by atoms with E-state index in [-0.39, 0.29) is 17.9 Å². The third-order valence-electron chi connectivity index (χ3n) is 3.38. The Labute approximate surface area is 111 Å². The first kappa shape index (κ1) is 11.7. The van der Waals surface area contributed by atoms with Crippen molar-refractivity contribution in [2.24, 2.45) is 0 Å². The molecule has 1 aromatic carbocycles. The normalized spacial score (nSPS) is 24.3. The lowest BCUT2D eigenvalue weighted by Crippen LogP contribution is -2.37. The summed E-state index contributed by atoms with van der Waals surface area (Å²) in [4.78, 5) is 24.6. The van der Waals surface area contributed by atoms with E-state index in [1.807, 2.05) is 30.3 Å². The summed E-state index contributed by atoms with van der Waals surface area (Å²) in [5, 5.41) is 0. The van der Waals surface area contributed by atoms with E-state index in [4.69, 9.17) is 4.74 Å². The molecule has 0 saturated carbocycles. The summed E-state index contributed by atoms with van der Waals surface area (Å²) < 4.78 is 5.26. The maximum Gasteiger partial charge on any atom is 0.331 e. The highest BCUT2D eigenvalue weighted by Crippen LogP contribution is 2.35. The Morgan fingerprint density at radius 2 is 2.05 bits per heavy atom. The summed E-state index contributed by atoms with van der Waals surface area (Å²) >= 11 is 0. The molecule has 2 unspecified atom stereocenters. The molecule has 0 spiro atoms. The number of rotatable bonds is 1. The first-order valence-electron chi connectivity index (χ1n) is 6.11. The lowest BCUT2D eigenvalue weighted by molar-refractivity contribution is -0.144. The van der Waals surface area contributed by atoms with Crippen molar-refractivity contribution < 1.29 is 14.3 Å². The maximum absolute atomic E-state index is 11.8. The van der Waals surface area contributed by atoms with Crippen LogP contribution >= 0.6 is 0 Å². The fourth-order valence-electron chi connectivity index (χ4n) is 2.53. The van der Waals surface area contributed by atoms with Crippen LogP contribution in [0.5, 0.6) is 0 Å². The van der Waals surface area contributed by atoms with Crippen molar-refractivity contribution >= 4 is 18.0 Å². The van der Waals surface area contributed by atoms with Crippen LogP contribution in [0.2, 0.25) is 0 Å². The van der Waals surface area contributed by atoms with Crippen molar-refractivity contribution in [1.82, 2.24) is 4.90 Å². The number of hydrogen-bond acceptors (Lipinski definition) is 3. The Hall–Kier alpha value is -2.36. The molecule has 1 amide bonds. The fourth-order valence-corrected chi connectivity index (χ4v) is 2.53. The molecule has 4 heteroatoms. The molecular weight excluding hydrogens is 242 g/mol. The minimum absolute atomic E-state index is 0.0768. The summed E-state index contributed by atoms with van der Waals surface area (Å²) in [6, 6.07) is 7.52. The molecule has 0 aliphatic carbocycles. The largest absolute Gasteiger partial charge is 0.452 e. The molecule has 0 fully saturated rings. The Morgan fingerprint density at radius 1 is 1.26 bits per heavy atom. The molecule has 0 radical (unpaired) electrons. The van der Waals surface area contributed by atoms with Gasteiger partial charge in [-0.2, -0.15) is 0 Å². The van der Waals surface area contributed by atoms with Gasteiger partial charge in [0.1, 0.15) is 12.1 Å². The van der Waals surface area contributed by atoms with Gasteiger partial charge in [-0.25, -0.2) is 4.79 Å². The van der Waals surface area contributed by atoms with Gasteiger partial charge in [0.15, 0.2) is 0 Å². The van der Waals surface area contributed by atoms with Gasteiger partial charge in [-0.1, -0.05) is 24.3 Å². The number of amides is 1. The molecule has 0 bridgehead atoms. The second-order valence-corrected chi connectivity index (χ2v) is 4.58. The molecule has 0 N–H and O–H groups in total. The van der Waals surface area contributed by atoms with Crippen LogP contribution in [-0.2, 0) is 14.3 Å². The Kier molecular flexibility index (Phi) is 2.71. The molecule has 0 saturated heterocycles. The average Bonchev–Trinajstić information content (AvgIpc) is 2.83. The lowest BCUT2D eigenvalue weighted by atomic mass is 9.92. The number of carbonyl (C=O) groups excluding carboxylic acids is 2. The molecule has 1 aromatic rings. The molecule has 2 heterocycles. The van der Waals surface area contributed by atoms with Crippen LogP contribution in [-0.4, -0.2) is 22.9 Å². The highest BCUT2D eigenvalue weighted by Gasteiger charge is 2.35. The van der Waals surface area contributed by atoms with Crippen LogP contribution in [0.25, 0.3) is 6.08 Å². The van der Waals surface area contributed by atoms with Crippen LogP contribution in [0.4, 0.5) is 0 Å². The van der Waals surface area contributed by atoms with E-state index in [0.29, 0.717) is 0 Å². The molecule has 3 rings (SSSR count). The number of nitrogens with zero attached hydrogens (tertiary/aromatic N) is 1. The quantitative estimate of drug-likeness (QED) is 0.721. The first-order valence-corrected chi connectivity index (χ1v) is 6.11. The van der Waals surface area contributed by atoms with E-state index in [0.717, 1.165) is 11.1 Å². The minimum atomic E-state index is -0.428. The summed E-state index contributed by atoms with van der Waals surface area (Å²) in [5.41, 5.74) is 2.03.